The summed E-state index contributed by atoms with van der Waals surface area (Å²) in [4.78, 5) is 16.1. The van der Waals surface area contributed by atoms with Crippen molar-refractivity contribution in [3.8, 4) is 21.7 Å². The fourth-order valence-corrected chi connectivity index (χ4v) is 8.42. The number of thiophene rings is 1. The molecule has 0 saturated carbocycles. The van der Waals surface area contributed by atoms with Gasteiger partial charge in [0.1, 0.15) is 6.33 Å². The monoisotopic (exact) mass is 521 g/mol. The Morgan fingerprint density at radius 3 is 2.35 bits per heavy atom. The lowest BCUT2D eigenvalue weighted by Gasteiger charge is -2.23. The molecule has 188 valence electrons. The molecule has 0 atom stereocenters. The predicted molar refractivity (Wildman–Crippen MR) is 162 cm³/mol. The third-order valence-corrected chi connectivity index (χ3v) is 11.2. The van der Waals surface area contributed by atoms with Gasteiger partial charge in [-0.3, -0.25) is 4.98 Å². The third kappa shape index (κ3) is 3.70. The van der Waals surface area contributed by atoms with Crippen molar-refractivity contribution in [1.29, 1.82) is 0 Å². The van der Waals surface area contributed by atoms with Crippen molar-refractivity contribution in [1.82, 2.24) is 15.0 Å². The van der Waals surface area contributed by atoms with Gasteiger partial charge in [-0.1, -0.05) is 83.7 Å². The summed E-state index contributed by atoms with van der Waals surface area (Å²) in [6.07, 6.45) is 1.76. The molecule has 0 amide bonds. The maximum atomic E-state index is 4.92. The van der Waals surface area contributed by atoms with Gasteiger partial charge in [0.25, 0.3) is 0 Å². The van der Waals surface area contributed by atoms with Gasteiger partial charge in [-0.15, -0.1) is 11.3 Å². The summed E-state index contributed by atoms with van der Waals surface area (Å²) in [5.74, 6) is 0. The van der Waals surface area contributed by atoms with Crippen molar-refractivity contribution in [3.05, 3.63) is 71.2 Å². The van der Waals surface area contributed by atoms with Gasteiger partial charge in [0.15, 0.2) is 0 Å². The minimum Gasteiger partial charge on any atom is -0.253 e. The first-order chi connectivity index (χ1) is 17.3. The standard InChI is InChI=1S/C32H35N3SSi/c1-18-10-11-19-14-20(15-24(26(19)35-18)31(2,3)4)27-30-28(34-17-33-27)25-29(36-30)22-16-21(37(7,8)9)12-13-23(22)32(25,5)6/h10-17H,1-9H3. The minimum atomic E-state index is -1.43. The van der Waals surface area contributed by atoms with E-state index in [-0.39, 0.29) is 10.8 Å². The van der Waals surface area contributed by atoms with Gasteiger partial charge in [-0.2, -0.15) is 0 Å². The van der Waals surface area contributed by atoms with E-state index < -0.39 is 8.07 Å². The normalized spacial score (nSPS) is 14.8. The van der Waals surface area contributed by atoms with Crippen molar-refractivity contribution in [2.24, 2.45) is 0 Å². The van der Waals surface area contributed by atoms with Crippen LogP contribution in [-0.2, 0) is 10.8 Å². The highest BCUT2D eigenvalue weighted by atomic mass is 32.1. The smallest absolute Gasteiger partial charge is 0.116 e. The van der Waals surface area contributed by atoms with Gasteiger partial charge in [0.2, 0.25) is 0 Å². The molecule has 3 nitrogen and oxygen atoms in total. The molecule has 2 aromatic carbocycles. The summed E-state index contributed by atoms with van der Waals surface area (Å²) in [5, 5.41) is 2.67. The van der Waals surface area contributed by atoms with Gasteiger partial charge in [0.05, 0.1) is 29.5 Å². The Kier molecular flexibility index (Phi) is 5.16. The van der Waals surface area contributed by atoms with Gasteiger partial charge >= 0.3 is 0 Å². The first-order valence-corrected chi connectivity index (χ1v) is 17.4. The second-order valence-electron chi connectivity index (χ2n) is 13.1. The molecule has 0 N–H and O–H groups in total. The SMILES string of the molecule is Cc1ccc2cc(-c3ncnc4c5c(sc34)-c3cc([Si](C)(C)C)ccc3C5(C)C)cc(C(C)(C)C)c2n1. The summed E-state index contributed by atoms with van der Waals surface area (Å²) in [6, 6.07) is 16.1. The van der Waals surface area contributed by atoms with Crippen LogP contribution < -0.4 is 5.19 Å². The Morgan fingerprint density at radius 1 is 0.892 bits per heavy atom. The molecule has 0 saturated heterocycles. The zero-order chi connectivity index (χ0) is 26.5. The molecule has 0 bridgehead atoms. The van der Waals surface area contributed by atoms with Gasteiger partial charge in [0, 0.05) is 32.5 Å². The van der Waals surface area contributed by atoms with Gasteiger partial charge in [-0.25, -0.2) is 9.97 Å². The molecule has 1 aliphatic carbocycles. The van der Waals surface area contributed by atoms with Crippen LogP contribution in [-0.4, -0.2) is 23.0 Å². The maximum absolute atomic E-state index is 4.92. The van der Waals surface area contributed by atoms with Crippen molar-refractivity contribution >= 4 is 45.7 Å². The van der Waals surface area contributed by atoms with Gasteiger partial charge in [-0.05, 0) is 47.2 Å². The molecule has 0 unspecified atom stereocenters. The topological polar surface area (TPSA) is 38.7 Å². The number of fused-ring (bicyclic) bond motifs is 6. The minimum absolute atomic E-state index is 0.0351. The highest BCUT2D eigenvalue weighted by molar-refractivity contribution is 7.23. The molecule has 0 spiro atoms. The van der Waals surface area contributed by atoms with E-state index in [0.29, 0.717) is 0 Å². The summed E-state index contributed by atoms with van der Waals surface area (Å²) < 4.78 is 1.18. The van der Waals surface area contributed by atoms with E-state index in [2.05, 4.69) is 104 Å². The Hall–Kier alpha value is -2.89. The number of nitrogens with zero attached hydrogens (tertiary/aromatic N) is 3. The molecule has 1 aliphatic rings. The van der Waals surface area contributed by atoms with Crippen LogP contribution in [0.4, 0.5) is 0 Å². The van der Waals surface area contributed by atoms with Crippen LogP contribution in [0.5, 0.6) is 0 Å². The van der Waals surface area contributed by atoms with Crippen LogP contribution in [0.15, 0.2) is 48.8 Å². The molecule has 5 aromatic rings. The molecule has 0 radical (unpaired) electrons. The zero-order valence-electron chi connectivity index (χ0n) is 23.4. The molecular weight excluding hydrogens is 487 g/mol. The Bertz CT molecular complexity index is 1730. The van der Waals surface area contributed by atoms with Crippen LogP contribution in [0.2, 0.25) is 19.6 Å². The number of aromatic nitrogens is 3. The lowest BCUT2D eigenvalue weighted by atomic mass is 9.82. The van der Waals surface area contributed by atoms with E-state index in [1.165, 1.54) is 37.0 Å². The van der Waals surface area contributed by atoms with E-state index >= 15 is 0 Å². The van der Waals surface area contributed by atoms with Crippen LogP contribution in [0, 0.1) is 6.92 Å². The molecule has 6 rings (SSSR count). The fraction of sp³-hybridized carbons (Fsp3) is 0.344. The van der Waals surface area contributed by atoms with Crippen molar-refractivity contribution in [3.63, 3.8) is 0 Å². The Labute approximate surface area is 225 Å². The first-order valence-electron chi connectivity index (χ1n) is 13.1. The number of rotatable bonds is 2. The lowest BCUT2D eigenvalue weighted by Crippen LogP contribution is -2.37. The van der Waals surface area contributed by atoms with E-state index in [9.17, 15) is 0 Å². The summed E-state index contributed by atoms with van der Waals surface area (Å²) >= 11 is 1.87. The highest BCUT2D eigenvalue weighted by Crippen LogP contribution is 2.55. The van der Waals surface area contributed by atoms with E-state index in [1.54, 1.807) is 6.33 Å². The molecule has 3 heterocycles. The largest absolute Gasteiger partial charge is 0.253 e. The summed E-state index contributed by atoms with van der Waals surface area (Å²) in [7, 11) is -1.43. The number of hydrogen-bond acceptors (Lipinski definition) is 4. The molecule has 0 aliphatic heterocycles. The summed E-state index contributed by atoms with van der Waals surface area (Å²) in [6.45, 7) is 20.8. The quantitative estimate of drug-likeness (QED) is 0.219. The molecule has 0 fully saturated rings. The predicted octanol–water partition coefficient (Wildman–Crippen LogP) is 8.36. The average Bonchev–Trinajstić information content (AvgIpc) is 3.31. The Morgan fingerprint density at radius 2 is 1.65 bits per heavy atom. The second kappa shape index (κ2) is 7.81. The van der Waals surface area contributed by atoms with E-state index in [4.69, 9.17) is 15.0 Å². The van der Waals surface area contributed by atoms with Crippen LogP contribution in [0.25, 0.3) is 42.8 Å². The van der Waals surface area contributed by atoms with Crippen molar-refractivity contribution in [2.75, 3.05) is 0 Å². The maximum Gasteiger partial charge on any atom is 0.116 e. The number of aryl methyl sites for hydroxylation is 1. The number of pyridine rings is 1. The van der Waals surface area contributed by atoms with Crippen molar-refractivity contribution in [2.45, 2.75) is 72.0 Å². The van der Waals surface area contributed by atoms with E-state index in [0.717, 1.165) is 33.4 Å². The Balaban J connectivity index is 1.63. The summed E-state index contributed by atoms with van der Waals surface area (Å²) in [5.41, 5.74) is 10.7. The average molecular weight is 522 g/mol. The van der Waals surface area contributed by atoms with Crippen LogP contribution in [0.1, 0.15) is 57.0 Å². The van der Waals surface area contributed by atoms with Crippen LogP contribution >= 0.6 is 11.3 Å². The second-order valence-corrected chi connectivity index (χ2v) is 19.2. The zero-order valence-corrected chi connectivity index (χ0v) is 25.2. The first kappa shape index (κ1) is 24.4. The van der Waals surface area contributed by atoms with Crippen molar-refractivity contribution < 1.29 is 0 Å². The lowest BCUT2D eigenvalue weighted by molar-refractivity contribution is 0.594. The molecule has 3 aromatic heterocycles. The van der Waals surface area contributed by atoms with E-state index in [1.807, 2.05) is 11.3 Å². The number of hydrogen-bond donors (Lipinski definition) is 0. The highest BCUT2D eigenvalue weighted by Gasteiger charge is 2.40. The van der Waals surface area contributed by atoms with Crippen LogP contribution in [0.3, 0.4) is 0 Å². The third-order valence-electron chi connectivity index (χ3n) is 7.91. The molecule has 5 heteroatoms. The fourth-order valence-electron chi connectivity index (χ4n) is 5.80. The molecular formula is C32H35N3SSi. The number of benzene rings is 2. The van der Waals surface area contributed by atoms with Gasteiger partial charge < -0.3 is 0 Å². The molecule has 37 heavy (non-hydrogen) atoms.